The third kappa shape index (κ3) is 10.1. The highest BCUT2D eigenvalue weighted by Crippen LogP contribution is 2.17. The fourth-order valence-electron chi connectivity index (χ4n) is 2.10. The minimum atomic E-state index is 0. The Morgan fingerprint density at radius 2 is 2.00 bits per heavy atom. The van der Waals surface area contributed by atoms with E-state index in [1.54, 1.807) is 7.11 Å². The fourth-order valence-corrected chi connectivity index (χ4v) is 2.10. The number of ether oxygens (including phenoxy) is 2. The van der Waals surface area contributed by atoms with Crippen molar-refractivity contribution < 1.29 is 14.3 Å². The van der Waals surface area contributed by atoms with Crippen LogP contribution in [-0.2, 0) is 14.3 Å². The van der Waals surface area contributed by atoms with Crippen molar-refractivity contribution in [2.75, 3.05) is 46.6 Å². The predicted octanol–water partition coefficient (Wildman–Crippen LogP) is 0.967. The number of rotatable bonds is 9. The number of piperidine rings is 1. The minimum Gasteiger partial charge on any atom is -0.382 e. The molecular formula is C13H27ClN2O3. The van der Waals surface area contributed by atoms with Crippen molar-refractivity contribution in [3.05, 3.63) is 0 Å². The van der Waals surface area contributed by atoms with Crippen molar-refractivity contribution in [2.45, 2.75) is 25.7 Å². The lowest BCUT2D eigenvalue weighted by Crippen LogP contribution is -2.30. The van der Waals surface area contributed by atoms with Gasteiger partial charge in [0.2, 0.25) is 5.91 Å². The van der Waals surface area contributed by atoms with Crippen LogP contribution in [0.1, 0.15) is 25.7 Å². The molecule has 0 spiro atoms. The van der Waals surface area contributed by atoms with E-state index in [1.165, 1.54) is 12.8 Å². The summed E-state index contributed by atoms with van der Waals surface area (Å²) >= 11 is 0. The Labute approximate surface area is 122 Å². The first kappa shape index (κ1) is 18.6. The second-order valence-electron chi connectivity index (χ2n) is 4.69. The lowest BCUT2D eigenvalue weighted by Gasteiger charge is -2.22. The number of hydrogen-bond acceptors (Lipinski definition) is 4. The number of hydrogen-bond donors (Lipinski definition) is 2. The van der Waals surface area contributed by atoms with Gasteiger partial charge < -0.3 is 20.1 Å². The third-order valence-corrected chi connectivity index (χ3v) is 3.24. The second-order valence-corrected chi connectivity index (χ2v) is 4.69. The first-order valence-electron chi connectivity index (χ1n) is 6.87. The van der Waals surface area contributed by atoms with Crippen LogP contribution in [0.3, 0.4) is 0 Å². The Bertz CT molecular complexity index is 224. The quantitative estimate of drug-likeness (QED) is 0.622. The van der Waals surface area contributed by atoms with Gasteiger partial charge in [0.25, 0.3) is 0 Å². The number of carbonyl (C=O) groups excluding carboxylic acids is 1. The Balaban J connectivity index is 0.00000324. The average molecular weight is 295 g/mol. The largest absolute Gasteiger partial charge is 0.382 e. The van der Waals surface area contributed by atoms with Gasteiger partial charge in [-0.3, -0.25) is 4.79 Å². The monoisotopic (exact) mass is 294 g/mol. The normalized spacial score (nSPS) is 15.8. The summed E-state index contributed by atoms with van der Waals surface area (Å²) in [6, 6.07) is 0. The van der Waals surface area contributed by atoms with E-state index >= 15 is 0 Å². The number of carbonyl (C=O) groups is 1. The molecule has 1 aliphatic heterocycles. The van der Waals surface area contributed by atoms with Gasteiger partial charge in [0.05, 0.1) is 19.8 Å². The third-order valence-electron chi connectivity index (χ3n) is 3.24. The van der Waals surface area contributed by atoms with Crippen LogP contribution in [0.5, 0.6) is 0 Å². The first-order valence-corrected chi connectivity index (χ1v) is 6.87. The molecule has 1 heterocycles. The van der Waals surface area contributed by atoms with Crippen LogP contribution in [0.15, 0.2) is 0 Å². The van der Waals surface area contributed by atoms with E-state index in [0.717, 1.165) is 25.4 Å². The van der Waals surface area contributed by atoms with Crippen LogP contribution in [-0.4, -0.2) is 52.5 Å². The maximum absolute atomic E-state index is 11.6. The summed E-state index contributed by atoms with van der Waals surface area (Å²) in [7, 11) is 1.64. The van der Waals surface area contributed by atoms with Gasteiger partial charge in [-0.1, -0.05) is 0 Å². The molecule has 114 valence electrons. The van der Waals surface area contributed by atoms with Gasteiger partial charge in [0, 0.05) is 20.1 Å². The standard InChI is InChI=1S/C13H26N2O3.ClH/c1-17-10-11-18-9-8-15-13(16)3-2-12-4-6-14-7-5-12;/h12,14H,2-11H2,1H3,(H,15,16);1H. The number of methoxy groups -OCH3 is 1. The molecule has 1 saturated heterocycles. The molecule has 0 aromatic heterocycles. The van der Waals surface area contributed by atoms with Gasteiger partial charge in [0.1, 0.15) is 0 Å². The number of halogens is 1. The van der Waals surface area contributed by atoms with Gasteiger partial charge >= 0.3 is 0 Å². The molecule has 0 unspecified atom stereocenters. The van der Waals surface area contributed by atoms with E-state index in [-0.39, 0.29) is 18.3 Å². The van der Waals surface area contributed by atoms with E-state index in [0.29, 0.717) is 32.8 Å². The van der Waals surface area contributed by atoms with E-state index in [9.17, 15) is 4.79 Å². The molecule has 0 atom stereocenters. The van der Waals surface area contributed by atoms with Crippen molar-refractivity contribution >= 4 is 18.3 Å². The van der Waals surface area contributed by atoms with E-state index < -0.39 is 0 Å². The Morgan fingerprint density at radius 1 is 1.26 bits per heavy atom. The Morgan fingerprint density at radius 3 is 2.68 bits per heavy atom. The summed E-state index contributed by atoms with van der Waals surface area (Å²) in [5.74, 6) is 0.860. The number of nitrogens with one attached hydrogen (secondary N) is 2. The summed E-state index contributed by atoms with van der Waals surface area (Å²) in [5.41, 5.74) is 0. The summed E-state index contributed by atoms with van der Waals surface area (Å²) in [6.07, 6.45) is 4.06. The lowest BCUT2D eigenvalue weighted by atomic mass is 9.93. The van der Waals surface area contributed by atoms with Gasteiger partial charge in [-0.05, 0) is 38.3 Å². The van der Waals surface area contributed by atoms with Crippen LogP contribution >= 0.6 is 12.4 Å². The molecule has 0 saturated carbocycles. The average Bonchev–Trinajstić information content (AvgIpc) is 2.41. The molecule has 1 rings (SSSR count). The van der Waals surface area contributed by atoms with Crippen molar-refractivity contribution in [3.63, 3.8) is 0 Å². The molecular weight excluding hydrogens is 268 g/mol. The SMILES string of the molecule is COCCOCCNC(=O)CCC1CCNCC1.Cl. The highest BCUT2D eigenvalue weighted by molar-refractivity contribution is 5.85. The van der Waals surface area contributed by atoms with E-state index in [2.05, 4.69) is 10.6 Å². The molecule has 19 heavy (non-hydrogen) atoms. The van der Waals surface area contributed by atoms with Crippen molar-refractivity contribution in [1.82, 2.24) is 10.6 Å². The summed E-state index contributed by atoms with van der Waals surface area (Å²) < 4.78 is 10.1. The van der Waals surface area contributed by atoms with Crippen LogP contribution < -0.4 is 10.6 Å². The van der Waals surface area contributed by atoms with Crippen molar-refractivity contribution in [1.29, 1.82) is 0 Å². The molecule has 1 amide bonds. The van der Waals surface area contributed by atoms with Crippen LogP contribution in [0.2, 0.25) is 0 Å². The van der Waals surface area contributed by atoms with E-state index in [1.807, 2.05) is 0 Å². The smallest absolute Gasteiger partial charge is 0.220 e. The molecule has 1 aliphatic rings. The van der Waals surface area contributed by atoms with Gasteiger partial charge in [-0.15, -0.1) is 12.4 Å². The van der Waals surface area contributed by atoms with Crippen molar-refractivity contribution in [3.8, 4) is 0 Å². The van der Waals surface area contributed by atoms with Gasteiger partial charge in [-0.25, -0.2) is 0 Å². The zero-order valence-corrected chi connectivity index (χ0v) is 12.6. The summed E-state index contributed by atoms with van der Waals surface area (Å²) in [6.45, 7) is 4.53. The van der Waals surface area contributed by atoms with Crippen LogP contribution in [0.4, 0.5) is 0 Å². The van der Waals surface area contributed by atoms with Gasteiger partial charge in [-0.2, -0.15) is 0 Å². The molecule has 2 N–H and O–H groups in total. The fraction of sp³-hybridized carbons (Fsp3) is 0.923. The van der Waals surface area contributed by atoms with Crippen LogP contribution in [0, 0.1) is 5.92 Å². The summed E-state index contributed by atoms with van der Waals surface area (Å²) in [4.78, 5) is 11.6. The van der Waals surface area contributed by atoms with Gasteiger partial charge in [0.15, 0.2) is 0 Å². The second kappa shape index (κ2) is 12.7. The van der Waals surface area contributed by atoms with E-state index in [4.69, 9.17) is 9.47 Å². The summed E-state index contributed by atoms with van der Waals surface area (Å²) in [5, 5.41) is 6.21. The molecule has 0 aromatic carbocycles. The molecule has 0 radical (unpaired) electrons. The molecule has 5 nitrogen and oxygen atoms in total. The number of amides is 1. The molecule has 0 bridgehead atoms. The molecule has 0 aliphatic carbocycles. The maximum atomic E-state index is 11.6. The Kier molecular flexibility index (Phi) is 12.4. The highest BCUT2D eigenvalue weighted by Gasteiger charge is 2.14. The Hall–Kier alpha value is -0.360. The molecule has 1 fully saturated rings. The topological polar surface area (TPSA) is 59.6 Å². The predicted molar refractivity (Wildman–Crippen MR) is 77.8 cm³/mol. The lowest BCUT2D eigenvalue weighted by molar-refractivity contribution is -0.121. The van der Waals surface area contributed by atoms with Crippen molar-refractivity contribution in [2.24, 2.45) is 5.92 Å². The first-order chi connectivity index (χ1) is 8.83. The highest BCUT2D eigenvalue weighted by atomic mass is 35.5. The maximum Gasteiger partial charge on any atom is 0.220 e. The molecule has 6 heteroatoms. The molecule has 0 aromatic rings. The zero-order chi connectivity index (χ0) is 13.1. The zero-order valence-electron chi connectivity index (χ0n) is 11.8. The minimum absolute atomic E-state index is 0. The van der Waals surface area contributed by atoms with Crippen LogP contribution in [0.25, 0.3) is 0 Å².